The molecule has 0 heterocycles. The zero-order valence-electron chi connectivity index (χ0n) is 15.3. The summed E-state index contributed by atoms with van der Waals surface area (Å²) in [5.74, 6) is 4.37. The molecule has 0 amide bonds. The molecule has 23 heavy (non-hydrogen) atoms. The number of hydrogen-bond donors (Lipinski definition) is 0. The van der Waals surface area contributed by atoms with E-state index in [1.165, 1.54) is 57.8 Å². The minimum absolute atomic E-state index is 0.595. The lowest BCUT2D eigenvalue weighted by atomic mass is 9.59. The third kappa shape index (κ3) is 2.99. The second kappa shape index (κ2) is 7.41. The average molecular weight is 313 g/mol. The van der Waals surface area contributed by atoms with Crippen LogP contribution in [0.3, 0.4) is 0 Å². The van der Waals surface area contributed by atoms with Crippen LogP contribution in [0.1, 0.15) is 71.6 Å². The van der Waals surface area contributed by atoms with Gasteiger partial charge in [0, 0.05) is 0 Å². The van der Waals surface area contributed by atoms with Gasteiger partial charge in [-0.25, -0.2) is 0 Å². The van der Waals surface area contributed by atoms with E-state index in [4.69, 9.17) is 0 Å². The lowest BCUT2D eigenvalue weighted by Gasteiger charge is -2.46. The Morgan fingerprint density at radius 1 is 1.04 bits per heavy atom. The molecular formula is C23H36. The van der Waals surface area contributed by atoms with E-state index in [1.54, 1.807) is 0 Å². The fourth-order valence-electron chi connectivity index (χ4n) is 6.57. The molecule has 0 heteroatoms. The van der Waals surface area contributed by atoms with Crippen molar-refractivity contribution in [2.24, 2.45) is 35.0 Å². The van der Waals surface area contributed by atoms with E-state index < -0.39 is 0 Å². The minimum Gasteiger partial charge on any atom is -0.103 e. The number of rotatable bonds is 7. The first-order valence-corrected chi connectivity index (χ1v) is 10.2. The van der Waals surface area contributed by atoms with E-state index in [0.29, 0.717) is 5.41 Å². The topological polar surface area (TPSA) is 0 Å². The number of fused-ring (bicyclic) bond motifs is 1. The maximum absolute atomic E-state index is 3.96. The smallest absolute Gasteiger partial charge is 0.0131 e. The summed E-state index contributed by atoms with van der Waals surface area (Å²) in [5.41, 5.74) is 0.595. The van der Waals surface area contributed by atoms with Gasteiger partial charge in [-0.1, -0.05) is 57.1 Å². The van der Waals surface area contributed by atoms with Gasteiger partial charge in [-0.3, -0.25) is 0 Å². The van der Waals surface area contributed by atoms with Crippen LogP contribution in [0.5, 0.6) is 0 Å². The summed E-state index contributed by atoms with van der Waals surface area (Å²) < 4.78 is 0. The van der Waals surface area contributed by atoms with Crippen molar-refractivity contribution >= 4 is 0 Å². The standard InChI is InChI=1S/C23H36/c1-4-7-12-18-17-22(21-16-11-10-15-20(18)21)23(5-2,6-3)19-13-8-9-14-19/h4,10-11,15-16,18-22H,1,5-9,12-14,17H2,2-3H3. The van der Waals surface area contributed by atoms with E-state index in [9.17, 15) is 0 Å². The minimum atomic E-state index is 0.595. The van der Waals surface area contributed by atoms with Crippen LogP contribution in [0.15, 0.2) is 37.0 Å². The number of hydrogen-bond acceptors (Lipinski definition) is 0. The summed E-state index contributed by atoms with van der Waals surface area (Å²) in [4.78, 5) is 0. The van der Waals surface area contributed by atoms with Crippen LogP contribution >= 0.6 is 0 Å². The molecule has 0 radical (unpaired) electrons. The van der Waals surface area contributed by atoms with Gasteiger partial charge in [0.25, 0.3) is 0 Å². The van der Waals surface area contributed by atoms with Gasteiger partial charge in [0.05, 0.1) is 0 Å². The molecule has 0 aromatic carbocycles. The van der Waals surface area contributed by atoms with Gasteiger partial charge in [-0.15, -0.1) is 6.58 Å². The summed E-state index contributed by atoms with van der Waals surface area (Å²) in [5, 5.41) is 0. The summed E-state index contributed by atoms with van der Waals surface area (Å²) in [6.45, 7) is 8.92. The van der Waals surface area contributed by atoms with Crippen molar-refractivity contribution in [1.82, 2.24) is 0 Å². The van der Waals surface area contributed by atoms with E-state index in [-0.39, 0.29) is 0 Å². The summed E-state index contributed by atoms with van der Waals surface area (Å²) in [6, 6.07) is 0. The predicted molar refractivity (Wildman–Crippen MR) is 101 cm³/mol. The van der Waals surface area contributed by atoms with Gasteiger partial charge in [0.1, 0.15) is 0 Å². The van der Waals surface area contributed by atoms with Crippen molar-refractivity contribution in [2.75, 3.05) is 0 Å². The SMILES string of the molecule is C=CCCC1CC(C(CC)(CC)C2CCCC2)C2C=CC=CC12. The van der Waals surface area contributed by atoms with E-state index in [2.05, 4.69) is 50.8 Å². The van der Waals surface area contributed by atoms with E-state index in [0.717, 1.165) is 29.6 Å². The van der Waals surface area contributed by atoms with Crippen molar-refractivity contribution in [3.8, 4) is 0 Å². The fraction of sp³-hybridized carbons (Fsp3) is 0.739. The van der Waals surface area contributed by atoms with E-state index in [1.807, 2.05) is 0 Å². The van der Waals surface area contributed by atoms with Gasteiger partial charge >= 0.3 is 0 Å². The van der Waals surface area contributed by atoms with Crippen molar-refractivity contribution in [2.45, 2.75) is 71.6 Å². The van der Waals surface area contributed by atoms with Crippen LogP contribution < -0.4 is 0 Å². The van der Waals surface area contributed by atoms with Crippen LogP contribution in [0.25, 0.3) is 0 Å². The molecule has 0 aromatic heterocycles. The Morgan fingerprint density at radius 3 is 2.30 bits per heavy atom. The van der Waals surface area contributed by atoms with Crippen LogP contribution in [0.4, 0.5) is 0 Å². The molecule has 0 spiro atoms. The molecule has 0 aliphatic heterocycles. The maximum atomic E-state index is 3.96. The molecule has 3 rings (SSSR count). The van der Waals surface area contributed by atoms with Gasteiger partial charge in [-0.05, 0) is 80.0 Å². The maximum Gasteiger partial charge on any atom is -0.0131 e. The van der Waals surface area contributed by atoms with Crippen LogP contribution in [0.2, 0.25) is 0 Å². The van der Waals surface area contributed by atoms with Gasteiger partial charge in [0.2, 0.25) is 0 Å². The monoisotopic (exact) mass is 312 g/mol. The fourth-order valence-corrected chi connectivity index (χ4v) is 6.57. The molecule has 4 unspecified atom stereocenters. The first-order valence-electron chi connectivity index (χ1n) is 10.2. The molecule has 0 aromatic rings. The molecular weight excluding hydrogens is 276 g/mol. The molecule has 0 N–H and O–H groups in total. The normalized spacial score (nSPS) is 34.0. The van der Waals surface area contributed by atoms with Gasteiger partial charge in [-0.2, -0.15) is 0 Å². The largest absolute Gasteiger partial charge is 0.103 e. The third-order valence-electron chi connectivity index (χ3n) is 7.75. The second-order valence-electron chi connectivity index (χ2n) is 8.31. The van der Waals surface area contributed by atoms with Crippen LogP contribution in [-0.2, 0) is 0 Å². The third-order valence-corrected chi connectivity index (χ3v) is 7.75. The van der Waals surface area contributed by atoms with Crippen molar-refractivity contribution in [3.05, 3.63) is 37.0 Å². The molecule has 0 bridgehead atoms. The lowest BCUT2D eigenvalue weighted by Crippen LogP contribution is -2.38. The zero-order valence-corrected chi connectivity index (χ0v) is 15.3. The highest BCUT2D eigenvalue weighted by atomic mass is 14.6. The highest BCUT2D eigenvalue weighted by Gasteiger charge is 2.52. The molecule has 2 saturated carbocycles. The molecule has 0 saturated heterocycles. The first-order chi connectivity index (χ1) is 11.3. The highest BCUT2D eigenvalue weighted by molar-refractivity contribution is 5.21. The van der Waals surface area contributed by atoms with Crippen molar-refractivity contribution in [3.63, 3.8) is 0 Å². The molecule has 128 valence electrons. The summed E-state index contributed by atoms with van der Waals surface area (Å²) >= 11 is 0. The van der Waals surface area contributed by atoms with Gasteiger partial charge in [0.15, 0.2) is 0 Å². The van der Waals surface area contributed by atoms with Crippen molar-refractivity contribution < 1.29 is 0 Å². The van der Waals surface area contributed by atoms with Gasteiger partial charge < -0.3 is 0 Å². The molecule has 3 aliphatic carbocycles. The quantitative estimate of drug-likeness (QED) is 0.446. The average Bonchev–Trinajstić information content (AvgIpc) is 3.24. The Balaban J connectivity index is 1.88. The van der Waals surface area contributed by atoms with Crippen LogP contribution in [0, 0.1) is 35.0 Å². The molecule has 2 fully saturated rings. The Hall–Kier alpha value is -0.780. The zero-order chi connectivity index (χ0) is 16.3. The highest BCUT2D eigenvalue weighted by Crippen LogP contribution is 2.60. The number of allylic oxidation sites excluding steroid dienone is 5. The Bertz CT molecular complexity index is 445. The lowest BCUT2D eigenvalue weighted by molar-refractivity contribution is 0.0422. The summed E-state index contributed by atoms with van der Waals surface area (Å²) in [6.07, 6.45) is 24.5. The Labute approximate surface area is 144 Å². The molecule has 0 nitrogen and oxygen atoms in total. The van der Waals surface area contributed by atoms with Crippen LogP contribution in [-0.4, -0.2) is 0 Å². The Kier molecular flexibility index (Phi) is 5.49. The molecule has 4 atom stereocenters. The second-order valence-corrected chi connectivity index (χ2v) is 8.31. The Morgan fingerprint density at radius 2 is 1.70 bits per heavy atom. The summed E-state index contributed by atoms with van der Waals surface area (Å²) in [7, 11) is 0. The first kappa shape index (κ1) is 17.1. The molecule has 3 aliphatic rings. The predicted octanol–water partition coefficient (Wildman–Crippen LogP) is 6.94. The van der Waals surface area contributed by atoms with E-state index >= 15 is 0 Å². The van der Waals surface area contributed by atoms with Crippen molar-refractivity contribution in [1.29, 1.82) is 0 Å².